The van der Waals surface area contributed by atoms with Crippen LogP contribution in [0, 0.1) is 0 Å². The minimum absolute atomic E-state index is 0.421. The highest BCUT2D eigenvalue weighted by Crippen LogP contribution is 2.49. The number of halogens is 10. The number of hydrogen-bond acceptors (Lipinski definition) is 3. The predicted octanol–water partition coefficient (Wildman–Crippen LogP) is 3.11. The molecule has 0 unspecified atom stereocenters. The standard InChI is InChI=1S/C4F9IO3S/c5-1(6,14)2(7,8)17-3(9,10)4(11,12)18(13,15)16. The van der Waals surface area contributed by atoms with Gasteiger partial charge in [-0.3, -0.25) is 0 Å². The van der Waals surface area contributed by atoms with Crippen molar-refractivity contribution in [3.8, 4) is 0 Å². The van der Waals surface area contributed by atoms with Crippen molar-refractivity contribution in [2.75, 3.05) is 0 Å². The zero-order valence-electron chi connectivity index (χ0n) is 7.41. The van der Waals surface area contributed by atoms with Gasteiger partial charge in [-0.05, 0) is 0 Å². The van der Waals surface area contributed by atoms with Gasteiger partial charge in [0.05, 0.1) is 0 Å². The van der Waals surface area contributed by atoms with Gasteiger partial charge >= 0.3 is 31.6 Å². The lowest BCUT2D eigenvalue weighted by atomic mass is 10.6. The lowest BCUT2D eigenvalue weighted by molar-refractivity contribution is -0.438. The molecule has 0 amide bonds. The van der Waals surface area contributed by atoms with Gasteiger partial charge in [-0.25, -0.2) is 4.74 Å². The van der Waals surface area contributed by atoms with Crippen molar-refractivity contribution in [2.24, 2.45) is 0 Å². The maximum atomic E-state index is 12.3. The lowest BCUT2D eigenvalue weighted by Gasteiger charge is -2.28. The van der Waals surface area contributed by atoms with Crippen LogP contribution in [0.4, 0.5) is 39.0 Å². The molecule has 0 aliphatic carbocycles. The monoisotopic (exact) mass is 426 g/mol. The highest BCUT2D eigenvalue weighted by atomic mass is 127. The smallest absolute Gasteiger partial charge is 0.244 e. The topological polar surface area (TPSA) is 43.4 Å². The van der Waals surface area contributed by atoms with E-state index in [1.165, 1.54) is 0 Å². The van der Waals surface area contributed by atoms with E-state index in [0.29, 0.717) is 0 Å². The minimum atomic E-state index is -7.37. The van der Waals surface area contributed by atoms with Crippen LogP contribution in [0.25, 0.3) is 0 Å². The van der Waals surface area contributed by atoms with Crippen molar-refractivity contribution in [3.63, 3.8) is 0 Å². The average Bonchev–Trinajstić information content (AvgIpc) is 1.96. The quantitative estimate of drug-likeness (QED) is 0.294. The molecular weight excluding hydrogens is 426 g/mol. The molecule has 0 rings (SSSR count). The first-order valence-electron chi connectivity index (χ1n) is 3.30. The first-order chi connectivity index (χ1) is 7.46. The average molecular weight is 426 g/mol. The van der Waals surface area contributed by atoms with Crippen molar-refractivity contribution >= 4 is 32.8 Å². The van der Waals surface area contributed by atoms with Crippen molar-refractivity contribution in [1.82, 2.24) is 0 Å². The third-order valence-corrected chi connectivity index (χ3v) is 2.71. The second kappa shape index (κ2) is 4.53. The Morgan fingerprint density at radius 1 is 0.833 bits per heavy atom. The van der Waals surface area contributed by atoms with Crippen LogP contribution < -0.4 is 0 Å². The summed E-state index contributed by atoms with van der Waals surface area (Å²) in [6.07, 6.45) is -12.9. The summed E-state index contributed by atoms with van der Waals surface area (Å²) in [5.41, 5.74) is 0. The van der Waals surface area contributed by atoms with Crippen LogP contribution in [-0.2, 0) is 15.0 Å². The van der Waals surface area contributed by atoms with Crippen LogP contribution in [0.15, 0.2) is 0 Å². The van der Waals surface area contributed by atoms with Crippen molar-refractivity contribution in [3.05, 3.63) is 0 Å². The summed E-state index contributed by atoms with van der Waals surface area (Å²) >= 11 is -0.421. The summed E-state index contributed by atoms with van der Waals surface area (Å²) in [6, 6.07) is 0. The van der Waals surface area contributed by atoms with E-state index < -0.39 is 54.2 Å². The first-order valence-corrected chi connectivity index (χ1v) is 5.76. The van der Waals surface area contributed by atoms with Gasteiger partial charge in [0, 0.05) is 22.6 Å². The van der Waals surface area contributed by atoms with Gasteiger partial charge in [0.1, 0.15) is 0 Å². The molecule has 0 atom stereocenters. The Labute approximate surface area is 107 Å². The minimum Gasteiger partial charge on any atom is -0.244 e. The van der Waals surface area contributed by atoms with E-state index in [1.54, 1.807) is 4.74 Å². The fraction of sp³-hybridized carbons (Fsp3) is 1.00. The molecule has 0 aromatic carbocycles. The summed E-state index contributed by atoms with van der Waals surface area (Å²) in [7, 11) is -7.37. The van der Waals surface area contributed by atoms with E-state index in [4.69, 9.17) is 0 Å². The number of rotatable bonds is 5. The molecule has 0 radical (unpaired) electrons. The van der Waals surface area contributed by atoms with Gasteiger partial charge in [-0.2, -0.15) is 43.5 Å². The maximum Gasteiger partial charge on any atom is 0.464 e. The third-order valence-electron chi connectivity index (χ3n) is 1.23. The maximum absolute atomic E-state index is 12.3. The Morgan fingerprint density at radius 2 is 1.17 bits per heavy atom. The molecule has 18 heavy (non-hydrogen) atoms. The highest BCUT2D eigenvalue weighted by Gasteiger charge is 2.74. The van der Waals surface area contributed by atoms with Gasteiger partial charge in [-0.1, -0.05) is 3.89 Å². The summed E-state index contributed by atoms with van der Waals surface area (Å²) in [6.45, 7) is 0. The Kier molecular flexibility index (Phi) is 4.54. The SMILES string of the molecule is O=S(=O)(F)C(F)(F)C(F)(F)OC(F)(F)C(F)(F)I. The van der Waals surface area contributed by atoms with Gasteiger partial charge in [0.2, 0.25) is 0 Å². The molecule has 0 aromatic heterocycles. The Balaban J connectivity index is 5.47. The first kappa shape index (κ1) is 18.0. The van der Waals surface area contributed by atoms with Gasteiger partial charge in [0.15, 0.2) is 0 Å². The zero-order chi connectivity index (χ0) is 15.2. The second-order valence-electron chi connectivity index (χ2n) is 2.59. The highest BCUT2D eigenvalue weighted by molar-refractivity contribution is 14.1. The molecule has 0 aliphatic rings. The van der Waals surface area contributed by atoms with Crippen LogP contribution >= 0.6 is 22.6 Å². The van der Waals surface area contributed by atoms with Crippen LogP contribution in [0.5, 0.6) is 0 Å². The van der Waals surface area contributed by atoms with Crippen LogP contribution in [0.3, 0.4) is 0 Å². The van der Waals surface area contributed by atoms with E-state index in [2.05, 4.69) is 0 Å². The largest absolute Gasteiger partial charge is 0.464 e. The van der Waals surface area contributed by atoms with Crippen LogP contribution in [-0.4, -0.2) is 29.8 Å². The summed E-state index contributed by atoms with van der Waals surface area (Å²) in [5, 5.41) is -6.76. The number of alkyl halides is 9. The fourth-order valence-electron chi connectivity index (χ4n) is 0.420. The molecular formula is C4F9IO3S. The molecule has 0 spiro atoms. The van der Waals surface area contributed by atoms with Gasteiger partial charge in [-0.15, -0.1) is 0 Å². The molecule has 0 bridgehead atoms. The molecule has 3 nitrogen and oxygen atoms in total. The Bertz CT molecular complexity index is 412. The van der Waals surface area contributed by atoms with Gasteiger partial charge < -0.3 is 0 Å². The number of hydrogen-bond donors (Lipinski definition) is 0. The molecule has 0 N–H and O–H groups in total. The van der Waals surface area contributed by atoms with Crippen molar-refractivity contribution < 1.29 is 52.2 Å². The summed E-state index contributed by atoms with van der Waals surface area (Å²) in [5.74, 6) is 0. The van der Waals surface area contributed by atoms with Crippen LogP contribution in [0.2, 0.25) is 0 Å². The fourth-order valence-corrected chi connectivity index (χ4v) is 0.856. The van der Waals surface area contributed by atoms with E-state index in [9.17, 15) is 47.4 Å². The second-order valence-corrected chi connectivity index (χ2v) is 5.33. The Hall–Kier alpha value is 0.01000. The molecule has 0 saturated carbocycles. The summed E-state index contributed by atoms with van der Waals surface area (Å²) in [4.78, 5) is 0. The lowest BCUT2D eigenvalue weighted by Crippen LogP contribution is -2.53. The molecule has 110 valence electrons. The number of ether oxygens (including phenoxy) is 1. The van der Waals surface area contributed by atoms with E-state index in [-0.39, 0.29) is 0 Å². The van der Waals surface area contributed by atoms with E-state index in [1.807, 2.05) is 0 Å². The van der Waals surface area contributed by atoms with E-state index >= 15 is 0 Å². The van der Waals surface area contributed by atoms with Crippen molar-refractivity contribution in [1.29, 1.82) is 0 Å². The molecule has 0 fully saturated rings. The molecule has 0 heterocycles. The Morgan fingerprint density at radius 3 is 1.39 bits per heavy atom. The third kappa shape index (κ3) is 3.31. The summed E-state index contributed by atoms with van der Waals surface area (Å²) < 4.78 is 125. The molecule has 0 aromatic rings. The van der Waals surface area contributed by atoms with E-state index in [0.717, 1.165) is 0 Å². The normalized spacial score (nSPS) is 15.9. The molecule has 0 aliphatic heterocycles. The van der Waals surface area contributed by atoms with Gasteiger partial charge in [0.25, 0.3) is 0 Å². The van der Waals surface area contributed by atoms with Crippen LogP contribution in [0.1, 0.15) is 0 Å². The zero-order valence-corrected chi connectivity index (χ0v) is 10.4. The molecule has 14 heteroatoms. The molecule has 0 saturated heterocycles. The van der Waals surface area contributed by atoms with Crippen molar-refractivity contribution in [2.45, 2.75) is 21.4 Å². The predicted molar refractivity (Wildman–Crippen MR) is 44.9 cm³/mol.